The van der Waals surface area contributed by atoms with Crippen molar-refractivity contribution in [3.63, 3.8) is 0 Å². The molecule has 0 spiro atoms. The second kappa shape index (κ2) is 7.40. The van der Waals surface area contributed by atoms with Gasteiger partial charge in [-0.15, -0.1) is 0 Å². The van der Waals surface area contributed by atoms with Crippen molar-refractivity contribution in [2.24, 2.45) is 0 Å². The van der Waals surface area contributed by atoms with Gasteiger partial charge in [-0.3, -0.25) is 4.79 Å². The first-order chi connectivity index (χ1) is 12.1. The van der Waals surface area contributed by atoms with Crippen molar-refractivity contribution < 1.29 is 14.6 Å². The molecular formula is C19H17ClN2O3. The van der Waals surface area contributed by atoms with Crippen LogP contribution in [-0.2, 0) is 17.8 Å². The van der Waals surface area contributed by atoms with Gasteiger partial charge in [-0.25, -0.2) is 4.98 Å². The molecule has 1 N–H and O–H groups in total. The standard InChI is InChI=1S/C19H17ClN2O3/c1-25-15-9-5-6-13(10-15)12-22-16(11-17(23)24)18(20)21-19(22)14-7-3-2-4-8-14/h2-10H,11-12H2,1H3,(H,23,24). The summed E-state index contributed by atoms with van der Waals surface area (Å²) in [7, 11) is 1.61. The molecular weight excluding hydrogens is 340 g/mol. The van der Waals surface area contributed by atoms with E-state index in [9.17, 15) is 9.90 Å². The van der Waals surface area contributed by atoms with Crippen molar-refractivity contribution in [1.29, 1.82) is 0 Å². The number of halogens is 1. The van der Waals surface area contributed by atoms with Crippen LogP contribution in [0.15, 0.2) is 54.6 Å². The summed E-state index contributed by atoms with van der Waals surface area (Å²) in [5.41, 5.74) is 2.33. The van der Waals surface area contributed by atoms with E-state index < -0.39 is 5.97 Å². The molecule has 5 nitrogen and oxygen atoms in total. The number of hydrogen-bond acceptors (Lipinski definition) is 3. The predicted molar refractivity (Wildman–Crippen MR) is 96.1 cm³/mol. The molecule has 3 aromatic rings. The highest BCUT2D eigenvalue weighted by Gasteiger charge is 2.19. The van der Waals surface area contributed by atoms with E-state index in [4.69, 9.17) is 16.3 Å². The van der Waals surface area contributed by atoms with Gasteiger partial charge in [0.25, 0.3) is 0 Å². The summed E-state index contributed by atoms with van der Waals surface area (Å²) < 4.78 is 7.11. The van der Waals surface area contributed by atoms with E-state index in [0.29, 0.717) is 18.1 Å². The van der Waals surface area contributed by atoms with Crippen LogP contribution in [0, 0.1) is 0 Å². The molecule has 128 valence electrons. The number of benzene rings is 2. The van der Waals surface area contributed by atoms with Crippen LogP contribution in [-0.4, -0.2) is 27.7 Å². The molecule has 6 heteroatoms. The van der Waals surface area contributed by atoms with Gasteiger partial charge < -0.3 is 14.4 Å². The van der Waals surface area contributed by atoms with E-state index >= 15 is 0 Å². The Bertz CT molecular complexity index is 891. The number of aliphatic carboxylic acids is 1. The minimum atomic E-state index is -0.951. The predicted octanol–water partition coefficient (Wildman–Crippen LogP) is 3.89. The van der Waals surface area contributed by atoms with Crippen molar-refractivity contribution in [2.45, 2.75) is 13.0 Å². The van der Waals surface area contributed by atoms with Crippen LogP contribution < -0.4 is 4.74 Å². The summed E-state index contributed by atoms with van der Waals surface area (Å²) in [5, 5.41) is 9.44. The van der Waals surface area contributed by atoms with E-state index in [1.807, 2.05) is 59.2 Å². The average molecular weight is 357 g/mol. The van der Waals surface area contributed by atoms with E-state index in [-0.39, 0.29) is 11.6 Å². The molecule has 0 unspecified atom stereocenters. The van der Waals surface area contributed by atoms with Gasteiger partial charge in [0.15, 0.2) is 5.15 Å². The third kappa shape index (κ3) is 3.83. The number of imidazole rings is 1. The number of aromatic nitrogens is 2. The Labute approximate surface area is 150 Å². The van der Waals surface area contributed by atoms with Crippen molar-refractivity contribution >= 4 is 17.6 Å². The summed E-state index contributed by atoms with van der Waals surface area (Å²) in [5.74, 6) is 0.433. The first-order valence-corrected chi connectivity index (χ1v) is 8.11. The lowest BCUT2D eigenvalue weighted by Crippen LogP contribution is -2.11. The second-order valence-corrected chi connectivity index (χ2v) is 5.91. The summed E-state index contributed by atoms with van der Waals surface area (Å²) in [6, 6.07) is 17.2. The molecule has 0 amide bonds. The summed E-state index contributed by atoms with van der Waals surface area (Å²) in [6.07, 6.45) is -0.192. The maximum atomic E-state index is 11.3. The number of methoxy groups -OCH3 is 1. The number of nitrogens with zero attached hydrogens (tertiary/aromatic N) is 2. The van der Waals surface area contributed by atoms with E-state index in [1.165, 1.54) is 0 Å². The van der Waals surface area contributed by atoms with Gasteiger partial charge in [0.05, 0.1) is 19.2 Å². The van der Waals surface area contributed by atoms with Crippen LogP contribution in [0.2, 0.25) is 5.15 Å². The minimum Gasteiger partial charge on any atom is -0.497 e. The number of ether oxygens (including phenoxy) is 1. The van der Waals surface area contributed by atoms with Gasteiger partial charge in [0.2, 0.25) is 0 Å². The minimum absolute atomic E-state index is 0.192. The van der Waals surface area contributed by atoms with Crippen LogP contribution in [0.1, 0.15) is 11.3 Å². The van der Waals surface area contributed by atoms with Gasteiger partial charge in [-0.2, -0.15) is 0 Å². The van der Waals surface area contributed by atoms with Gasteiger partial charge in [-0.1, -0.05) is 54.1 Å². The summed E-state index contributed by atoms with van der Waals surface area (Å²) in [4.78, 5) is 15.7. The zero-order valence-corrected chi connectivity index (χ0v) is 14.4. The lowest BCUT2D eigenvalue weighted by molar-refractivity contribution is -0.136. The molecule has 0 aliphatic rings. The van der Waals surface area contributed by atoms with E-state index in [0.717, 1.165) is 16.9 Å². The fraction of sp³-hybridized carbons (Fsp3) is 0.158. The molecule has 0 fully saturated rings. The summed E-state index contributed by atoms with van der Waals surface area (Å²) >= 11 is 6.25. The van der Waals surface area contributed by atoms with Crippen molar-refractivity contribution in [3.05, 3.63) is 71.0 Å². The lowest BCUT2D eigenvalue weighted by Gasteiger charge is -2.12. The molecule has 0 saturated carbocycles. The Morgan fingerprint density at radius 3 is 2.64 bits per heavy atom. The lowest BCUT2D eigenvalue weighted by atomic mass is 10.1. The van der Waals surface area contributed by atoms with Crippen LogP contribution >= 0.6 is 11.6 Å². The van der Waals surface area contributed by atoms with Gasteiger partial charge in [-0.05, 0) is 17.7 Å². The Hall–Kier alpha value is -2.79. The third-order valence-corrected chi connectivity index (χ3v) is 4.15. The van der Waals surface area contributed by atoms with Crippen LogP contribution in [0.4, 0.5) is 0 Å². The number of carboxylic acid groups (broad SMARTS) is 1. The maximum Gasteiger partial charge on any atom is 0.309 e. The Morgan fingerprint density at radius 1 is 1.20 bits per heavy atom. The average Bonchev–Trinajstić information content (AvgIpc) is 2.91. The molecule has 25 heavy (non-hydrogen) atoms. The van der Waals surface area contributed by atoms with Crippen LogP contribution in [0.5, 0.6) is 5.75 Å². The highest BCUT2D eigenvalue weighted by atomic mass is 35.5. The molecule has 0 aliphatic heterocycles. The van der Waals surface area contributed by atoms with Crippen LogP contribution in [0.25, 0.3) is 11.4 Å². The molecule has 3 rings (SSSR count). The van der Waals surface area contributed by atoms with Crippen molar-refractivity contribution in [2.75, 3.05) is 7.11 Å². The molecule has 0 radical (unpaired) electrons. The molecule has 0 atom stereocenters. The Morgan fingerprint density at radius 2 is 1.96 bits per heavy atom. The quantitative estimate of drug-likeness (QED) is 0.727. The zero-order valence-electron chi connectivity index (χ0n) is 13.6. The van der Waals surface area contributed by atoms with Crippen molar-refractivity contribution in [3.8, 4) is 17.1 Å². The monoisotopic (exact) mass is 356 g/mol. The molecule has 0 aliphatic carbocycles. The third-order valence-electron chi connectivity index (χ3n) is 3.85. The topological polar surface area (TPSA) is 64.4 Å². The Kier molecular flexibility index (Phi) is 5.05. The zero-order chi connectivity index (χ0) is 17.8. The smallest absolute Gasteiger partial charge is 0.309 e. The fourth-order valence-corrected chi connectivity index (χ4v) is 2.95. The van der Waals surface area contributed by atoms with Gasteiger partial charge >= 0.3 is 5.97 Å². The molecule has 0 bridgehead atoms. The van der Waals surface area contributed by atoms with Crippen LogP contribution in [0.3, 0.4) is 0 Å². The molecule has 1 heterocycles. The summed E-state index contributed by atoms with van der Waals surface area (Å²) in [6.45, 7) is 0.448. The number of carbonyl (C=O) groups is 1. The highest BCUT2D eigenvalue weighted by molar-refractivity contribution is 6.30. The first kappa shape index (κ1) is 17.0. The molecule has 1 aromatic heterocycles. The number of hydrogen-bond donors (Lipinski definition) is 1. The second-order valence-electron chi connectivity index (χ2n) is 5.55. The van der Waals surface area contributed by atoms with Crippen molar-refractivity contribution in [1.82, 2.24) is 9.55 Å². The Balaban J connectivity index is 2.09. The SMILES string of the molecule is COc1cccc(Cn2c(-c3ccccc3)nc(Cl)c2CC(=O)O)c1. The van der Waals surface area contributed by atoms with E-state index in [1.54, 1.807) is 7.11 Å². The largest absolute Gasteiger partial charge is 0.497 e. The first-order valence-electron chi connectivity index (χ1n) is 7.73. The van der Waals surface area contributed by atoms with Gasteiger partial charge in [0.1, 0.15) is 11.6 Å². The highest BCUT2D eigenvalue weighted by Crippen LogP contribution is 2.27. The molecule has 2 aromatic carbocycles. The normalized spacial score (nSPS) is 10.6. The maximum absolute atomic E-state index is 11.3. The van der Waals surface area contributed by atoms with Gasteiger partial charge in [0, 0.05) is 12.1 Å². The number of rotatable bonds is 6. The van der Waals surface area contributed by atoms with E-state index in [2.05, 4.69) is 4.98 Å². The number of carboxylic acids is 1. The fourth-order valence-electron chi connectivity index (χ4n) is 2.70. The molecule has 0 saturated heterocycles.